The van der Waals surface area contributed by atoms with Crippen LogP contribution in [0.25, 0.3) is 11.1 Å². The summed E-state index contributed by atoms with van der Waals surface area (Å²) >= 11 is 0. The topological polar surface area (TPSA) is 42.4 Å². The van der Waals surface area contributed by atoms with Crippen LogP contribution in [-0.4, -0.2) is 23.4 Å². The molecule has 3 rings (SSSR count). The van der Waals surface area contributed by atoms with E-state index in [4.69, 9.17) is 4.74 Å². The second-order valence-corrected chi connectivity index (χ2v) is 6.31. The first kappa shape index (κ1) is 18.6. The first-order valence-electron chi connectivity index (χ1n) is 8.63. The first-order chi connectivity index (χ1) is 13.1. The zero-order chi connectivity index (χ0) is 19.2. The number of amides is 1. The number of hydrogen-bond donors (Lipinski definition) is 0. The van der Waals surface area contributed by atoms with Crippen LogP contribution in [0.15, 0.2) is 60.8 Å². The highest BCUT2D eigenvalue weighted by Gasteiger charge is 2.11. The van der Waals surface area contributed by atoms with E-state index in [0.29, 0.717) is 12.1 Å². The number of aryl methyl sites for hydroxylation is 1. The molecule has 4 nitrogen and oxygen atoms in total. The molecule has 138 valence electrons. The van der Waals surface area contributed by atoms with Gasteiger partial charge in [0.15, 0.2) is 0 Å². The van der Waals surface area contributed by atoms with Gasteiger partial charge in [-0.3, -0.25) is 9.78 Å². The largest absolute Gasteiger partial charge is 0.497 e. The Balaban J connectivity index is 1.76. The maximum Gasteiger partial charge on any atom is 0.210 e. The van der Waals surface area contributed by atoms with Crippen molar-refractivity contribution in [2.75, 3.05) is 7.11 Å². The summed E-state index contributed by atoms with van der Waals surface area (Å²) < 4.78 is 19.8. The van der Waals surface area contributed by atoms with E-state index in [9.17, 15) is 9.18 Å². The highest BCUT2D eigenvalue weighted by atomic mass is 19.1. The summed E-state index contributed by atoms with van der Waals surface area (Å²) in [5.74, 6) is 0.412. The van der Waals surface area contributed by atoms with Crippen molar-refractivity contribution in [2.24, 2.45) is 0 Å². The number of aromatic nitrogens is 1. The van der Waals surface area contributed by atoms with Gasteiger partial charge in [-0.15, -0.1) is 0 Å². The highest BCUT2D eigenvalue weighted by Crippen LogP contribution is 2.25. The molecule has 5 heteroatoms. The third-order valence-electron chi connectivity index (χ3n) is 4.47. The molecule has 0 saturated carbocycles. The Bertz CT molecular complexity index is 926. The quantitative estimate of drug-likeness (QED) is 0.585. The summed E-state index contributed by atoms with van der Waals surface area (Å²) in [4.78, 5) is 17.3. The zero-order valence-corrected chi connectivity index (χ0v) is 15.4. The SMILES string of the molecule is COc1ccc(-c2ccc(CN(C=O)Cc3ncccc3C)c(F)c2)cc1. The lowest BCUT2D eigenvalue weighted by molar-refractivity contribution is -0.119. The number of halogens is 1. The average Bonchev–Trinajstić information content (AvgIpc) is 2.70. The molecule has 0 atom stereocenters. The van der Waals surface area contributed by atoms with Crippen molar-refractivity contribution in [3.8, 4) is 16.9 Å². The van der Waals surface area contributed by atoms with Gasteiger partial charge < -0.3 is 9.64 Å². The second kappa shape index (κ2) is 8.45. The van der Waals surface area contributed by atoms with Crippen LogP contribution in [0, 0.1) is 12.7 Å². The minimum absolute atomic E-state index is 0.189. The minimum atomic E-state index is -0.340. The van der Waals surface area contributed by atoms with E-state index in [0.717, 1.165) is 34.5 Å². The molecule has 0 unspecified atom stereocenters. The summed E-state index contributed by atoms with van der Waals surface area (Å²) in [7, 11) is 1.61. The lowest BCUT2D eigenvalue weighted by Crippen LogP contribution is -2.22. The summed E-state index contributed by atoms with van der Waals surface area (Å²) in [6.07, 6.45) is 2.42. The third kappa shape index (κ3) is 4.50. The minimum Gasteiger partial charge on any atom is -0.497 e. The Morgan fingerprint density at radius 2 is 1.81 bits per heavy atom. The van der Waals surface area contributed by atoms with E-state index in [-0.39, 0.29) is 12.4 Å². The van der Waals surface area contributed by atoms with Crippen molar-refractivity contribution >= 4 is 6.41 Å². The Morgan fingerprint density at radius 3 is 2.44 bits per heavy atom. The molecule has 0 aliphatic rings. The molecular weight excluding hydrogens is 343 g/mol. The maximum atomic E-state index is 14.6. The molecule has 0 aliphatic carbocycles. The summed E-state index contributed by atoms with van der Waals surface area (Å²) in [5, 5.41) is 0. The first-order valence-corrected chi connectivity index (χ1v) is 8.63. The lowest BCUT2D eigenvalue weighted by Gasteiger charge is -2.18. The number of carbonyl (C=O) groups is 1. The molecular formula is C22H21FN2O2. The molecule has 0 saturated heterocycles. The zero-order valence-electron chi connectivity index (χ0n) is 15.4. The van der Waals surface area contributed by atoms with Crippen LogP contribution in [0.2, 0.25) is 0 Å². The molecule has 0 aliphatic heterocycles. The molecule has 1 amide bonds. The number of nitrogens with zero attached hydrogens (tertiary/aromatic N) is 2. The molecule has 0 fully saturated rings. The summed E-state index contributed by atoms with van der Waals surface area (Å²) in [6, 6.07) is 16.3. The Labute approximate surface area is 158 Å². The van der Waals surface area contributed by atoms with Gasteiger partial charge in [-0.05, 0) is 47.9 Å². The smallest absolute Gasteiger partial charge is 0.210 e. The van der Waals surface area contributed by atoms with E-state index in [1.165, 1.54) is 11.0 Å². The fourth-order valence-electron chi connectivity index (χ4n) is 2.86. The molecule has 0 spiro atoms. The molecule has 27 heavy (non-hydrogen) atoms. The van der Waals surface area contributed by atoms with Crippen LogP contribution in [-0.2, 0) is 17.9 Å². The predicted molar refractivity (Wildman–Crippen MR) is 103 cm³/mol. The van der Waals surface area contributed by atoms with Crippen LogP contribution in [0.4, 0.5) is 4.39 Å². The van der Waals surface area contributed by atoms with Crippen molar-refractivity contribution < 1.29 is 13.9 Å². The number of ether oxygens (including phenoxy) is 1. The van der Waals surface area contributed by atoms with E-state index in [1.54, 1.807) is 19.4 Å². The molecule has 0 bridgehead atoms. The van der Waals surface area contributed by atoms with Crippen LogP contribution < -0.4 is 4.74 Å². The van der Waals surface area contributed by atoms with Crippen molar-refractivity contribution in [2.45, 2.75) is 20.0 Å². The van der Waals surface area contributed by atoms with Gasteiger partial charge in [-0.1, -0.05) is 30.3 Å². The van der Waals surface area contributed by atoms with Gasteiger partial charge in [-0.25, -0.2) is 4.39 Å². The lowest BCUT2D eigenvalue weighted by atomic mass is 10.0. The molecule has 1 heterocycles. The van der Waals surface area contributed by atoms with Crippen LogP contribution in [0.1, 0.15) is 16.8 Å². The molecule has 1 aromatic heterocycles. The van der Waals surface area contributed by atoms with Crippen molar-refractivity contribution in [1.82, 2.24) is 9.88 Å². The number of carbonyl (C=O) groups excluding carboxylic acids is 1. The normalized spacial score (nSPS) is 10.5. The standard InChI is InChI=1S/C22H21FN2O2/c1-16-4-3-11-24-22(16)14-25(15-26)13-19-6-5-18(12-21(19)23)17-7-9-20(27-2)10-8-17/h3-12,15H,13-14H2,1-2H3. The number of rotatable bonds is 7. The maximum absolute atomic E-state index is 14.6. The summed E-state index contributed by atoms with van der Waals surface area (Å²) in [6.45, 7) is 2.47. The number of pyridine rings is 1. The van der Waals surface area contributed by atoms with Gasteiger partial charge in [0, 0.05) is 18.3 Å². The van der Waals surface area contributed by atoms with Crippen molar-refractivity contribution in [3.05, 3.63) is 83.4 Å². The Kier molecular flexibility index (Phi) is 5.81. The second-order valence-electron chi connectivity index (χ2n) is 6.31. The fourth-order valence-corrected chi connectivity index (χ4v) is 2.86. The van der Waals surface area contributed by atoms with E-state index < -0.39 is 0 Å². The van der Waals surface area contributed by atoms with Gasteiger partial charge in [-0.2, -0.15) is 0 Å². The molecule has 2 aromatic carbocycles. The van der Waals surface area contributed by atoms with Gasteiger partial charge in [0.05, 0.1) is 19.3 Å². The highest BCUT2D eigenvalue weighted by molar-refractivity contribution is 5.64. The van der Waals surface area contributed by atoms with Crippen LogP contribution in [0.5, 0.6) is 5.75 Å². The van der Waals surface area contributed by atoms with Gasteiger partial charge in [0.25, 0.3) is 0 Å². The Morgan fingerprint density at radius 1 is 1.07 bits per heavy atom. The average molecular weight is 364 g/mol. The van der Waals surface area contributed by atoms with Crippen LogP contribution >= 0.6 is 0 Å². The Hall–Kier alpha value is -3.21. The van der Waals surface area contributed by atoms with E-state index >= 15 is 0 Å². The van der Waals surface area contributed by atoms with E-state index in [1.807, 2.05) is 49.4 Å². The van der Waals surface area contributed by atoms with Gasteiger partial charge >= 0.3 is 0 Å². The molecule has 3 aromatic rings. The monoisotopic (exact) mass is 364 g/mol. The number of hydrogen-bond acceptors (Lipinski definition) is 3. The predicted octanol–water partition coefficient (Wildman–Crippen LogP) is 4.36. The third-order valence-corrected chi connectivity index (χ3v) is 4.47. The van der Waals surface area contributed by atoms with Gasteiger partial charge in [0.2, 0.25) is 6.41 Å². The fraction of sp³-hybridized carbons (Fsp3) is 0.182. The molecule has 0 radical (unpaired) electrons. The molecule has 0 N–H and O–H groups in total. The van der Waals surface area contributed by atoms with Crippen molar-refractivity contribution in [3.63, 3.8) is 0 Å². The van der Waals surface area contributed by atoms with Crippen LogP contribution in [0.3, 0.4) is 0 Å². The van der Waals surface area contributed by atoms with Gasteiger partial charge in [0.1, 0.15) is 11.6 Å². The number of methoxy groups -OCH3 is 1. The summed E-state index contributed by atoms with van der Waals surface area (Å²) in [5.41, 5.74) is 3.95. The van der Waals surface area contributed by atoms with E-state index in [2.05, 4.69) is 4.98 Å². The van der Waals surface area contributed by atoms with Crippen molar-refractivity contribution in [1.29, 1.82) is 0 Å². The number of benzene rings is 2.